The van der Waals surface area contributed by atoms with Crippen molar-refractivity contribution in [2.24, 2.45) is 10.2 Å². The number of aromatic nitrogens is 2. The zero-order valence-corrected chi connectivity index (χ0v) is 21.8. The van der Waals surface area contributed by atoms with Crippen LogP contribution in [0, 0.1) is 18.8 Å². The van der Waals surface area contributed by atoms with Gasteiger partial charge in [-0.2, -0.15) is 10.2 Å². The van der Waals surface area contributed by atoms with Crippen molar-refractivity contribution in [3.63, 3.8) is 0 Å². The van der Waals surface area contributed by atoms with Crippen molar-refractivity contribution >= 4 is 23.0 Å². The molecule has 0 aliphatic carbocycles. The van der Waals surface area contributed by atoms with E-state index in [4.69, 9.17) is 4.74 Å². The fourth-order valence-corrected chi connectivity index (χ4v) is 3.46. The summed E-state index contributed by atoms with van der Waals surface area (Å²) in [6.45, 7) is 8.66. The maximum atomic E-state index is 11.4. The number of carbonyl (C=O) groups is 1. The van der Waals surface area contributed by atoms with E-state index < -0.39 is 0 Å². The van der Waals surface area contributed by atoms with Crippen LogP contribution in [0.25, 0.3) is 0 Å². The molecule has 0 aliphatic heterocycles. The van der Waals surface area contributed by atoms with Crippen LogP contribution in [-0.4, -0.2) is 36.1 Å². The smallest absolute Gasteiger partial charge is 0.333 e. The lowest BCUT2D eigenvalue weighted by Crippen LogP contribution is -2.18. The Morgan fingerprint density at radius 1 is 1.00 bits per heavy atom. The third-order valence-electron chi connectivity index (χ3n) is 5.66. The first-order chi connectivity index (χ1) is 17.9. The molecule has 7 nitrogen and oxygen atoms in total. The monoisotopic (exact) mass is 495 g/mol. The van der Waals surface area contributed by atoms with E-state index in [1.165, 1.54) is 6.33 Å². The molecule has 0 fully saturated rings. The van der Waals surface area contributed by atoms with E-state index in [1.807, 2.05) is 37.3 Å². The van der Waals surface area contributed by atoms with Crippen LogP contribution in [-0.2, 0) is 9.53 Å². The third-order valence-corrected chi connectivity index (χ3v) is 5.66. The summed E-state index contributed by atoms with van der Waals surface area (Å²) < 4.78 is 5.12. The first kappa shape index (κ1) is 27.3. The Bertz CT molecular complexity index is 1270. The predicted molar refractivity (Wildman–Crippen MR) is 147 cm³/mol. The lowest BCUT2D eigenvalue weighted by Gasteiger charge is -2.19. The molecule has 1 aromatic heterocycles. The summed E-state index contributed by atoms with van der Waals surface area (Å²) in [5.74, 6) is 5.88. The minimum atomic E-state index is -0.309. The summed E-state index contributed by atoms with van der Waals surface area (Å²) in [6, 6.07) is 15.7. The molecule has 0 radical (unpaired) electrons. The molecule has 0 saturated heterocycles. The molecule has 0 aliphatic rings. The Labute approximate surface area is 219 Å². The topological polar surface area (TPSA) is 80.0 Å². The Kier molecular flexibility index (Phi) is 10.5. The highest BCUT2D eigenvalue weighted by atomic mass is 16.5. The van der Waals surface area contributed by atoms with Crippen molar-refractivity contribution in [2.45, 2.75) is 39.5 Å². The van der Waals surface area contributed by atoms with E-state index in [1.54, 1.807) is 19.2 Å². The number of rotatable bonds is 11. The lowest BCUT2D eigenvalue weighted by atomic mass is 10.1. The molecule has 1 heterocycles. The van der Waals surface area contributed by atoms with Crippen molar-refractivity contribution in [3.05, 3.63) is 90.0 Å². The van der Waals surface area contributed by atoms with Crippen LogP contribution in [0.3, 0.4) is 0 Å². The average molecular weight is 496 g/mol. The summed E-state index contributed by atoms with van der Waals surface area (Å²) >= 11 is 0. The largest absolute Gasteiger partial charge is 0.462 e. The summed E-state index contributed by atoms with van der Waals surface area (Å²) in [7, 11) is 2.09. The number of hydrogen-bond donors (Lipinski definition) is 0. The van der Waals surface area contributed by atoms with Gasteiger partial charge < -0.3 is 9.64 Å². The standard InChI is InChI=1S/C30H33N5O2/c1-23(2)30(36)37-20-8-6-5-7-19-35(4)29-15-13-27(14-16-29)33-34-28-12-10-25(24(3)21-28)9-11-26-17-18-31-22-32-26/h10,12-18,21-22H,1,5-8,19-20H2,2-4H3. The number of azo groups is 1. The highest BCUT2D eigenvalue weighted by Gasteiger charge is 2.04. The summed E-state index contributed by atoms with van der Waals surface area (Å²) in [4.78, 5) is 21.6. The predicted octanol–water partition coefficient (Wildman–Crippen LogP) is 6.72. The number of anilines is 1. The van der Waals surface area contributed by atoms with Crippen molar-refractivity contribution in [1.29, 1.82) is 0 Å². The molecule has 0 bridgehead atoms. The second-order valence-corrected chi connectivity index (χ2v) is 8.81. The second-order valence-electron chi connectivity index (χ2n) is 8.81. The Balaban J connectivity index is 1.44. The number of carbonyl (C=O) groups excluding carboxylic acids is 1. The molecule has 2 aromatic carbocycles. The van der Waals surface area contributed by atoms with E-state index in [0.717, 1.165) is 60.4 Å². The molecule has 37 heavy (non-hydrogen) atoms. The van der Waals surface area contributed by atoms with Crippen molar-refractivity contribution in [1.82, 2.24) is 9.97 Å². The summed E-state index contributed by atoms with van der Waals surface area (Å²) in [5, 5.41) is 8.76. The zero-order valence-electron chi connectivity index (χ0n) is 21.8. The fraction of sp³-hybridized carbons (Fsp3) is 0.300. The van der Waals surface area contributed by atoms with E-state index in [9.17, 15) is 4.79 Å². The number of nitrogens with zero attached hydrogens (tertiary/aromatic N) is 5. The van der Waals surface area contributed by atoms with E-state index in [0.29, 0.717) is 17.9 Å². The summed E-state index contributed by atoms with van der Waals surface area (Å²) in [6.07, 6.45) is 7.24. The van der Waals surface area contributed by atoms with Crippen LogP contribution >= 0.6 is 0 Å². The van der Waals surface area contributed by atoms with Gasteiger partial charge in [0.2, 0.25) is 0 Å². The Morgan fingerprint density at radius 2 is 1.73 bits per heavy atom. The molecule has 0 amide bonds. The van der Waals surface area contributed by atoms with Crippen LogP contribution in [0.15, 0.2) is 83.4 Å². The van der Waals surface area contributed by atoms with Gasteiger partial charge in [0, 0.05) is 36.6 Å². The zero-order chi connectivity index (χ0) is 26.5. The van der Waals surface area contributed by atoms with Gasteiger partial charge in [0.15, 0.2) is 0 Å². The number of esters is 1. The van der Waals surface area contributed by atoms with E-state index >= 15 is 0 Å². The van der Waals surface area contributed by atoms with Gasteiger partial charge in [-0.25, -0.2) is 14.8 Å². The molecule has 7 heteroatoms. The van der Waals surface area contributed by atoms with Crippen molar-refractivity contribution in [2.75, 3.05) is 25.1 Å². The van der Waals surface area contributed by atoms with Gasteiger partial charge in [-0.3, -0.25) is 0 Å². The molecular formula is C30H33N5O2. The SMILES string of the molecule is C=C(C)C(=O)OCCCCCCN(C)c1ccc(N=Nc2ccc(C#Cc3ccncn3)c(C)c2)cc1. The average Bonchev–Trinajstić information content (AvgIpc) is 2.91. The van der Waals surface area contributed by atoms with Crippen LogP contribution in [0.1, 0.15) is 49.4 Å². The number of benzene rings is 2. The molecule has 0 atom stereocenters. The first-order valence-electron chi connectivity index (χ1n) is 12.4. The third kappa shape index (κ3) is 9.34. The quantitative estimate of drug-likeness (QED) is 0.0970. The van der Waals surface area contributed by atoms with Gasteiger partial charge in [-0.1, -0.05) is 18.9 Å². The van der Waals surface area contributed by atoms with Gasteiger partial charge in [0.1, 0.15) is 12.0 Å². The van der Waals surface area contributed by atoms with Gasteiger partial charge in [0.05, 0.1) is 18.0 Å². The first-order valence-corrected chi connectivity index (χ1v) is 12.4. The highest BCUT2D eigenvalue weighted by Crippen LogP contribution is 2.23. The minimum Gasteiger partial charge on any atom is -0.462 e. The van der Waals surface area contributed by atoms with Gasteiger partial charge in [-0.15, -0.1) is 0 Å². The molecule has 3 rings (SSSR count). The molecule has 0 unspecified atom stereocenters. The van der Waals surface area contributed by atoms with E-state index in [2.05, 4.69) is 62.7 Å². The Hall–Kier alpha value is -4.31. The number of ether oxygens (including phenoxy) is 1. The normalized spacial score (nSPS) is 10.6. The fourth-order valence-electron chi connectivity index (χ4n) is 3.46. The molecule has 3 aromatic rings. The lowest BCUT2D eigenvalue weighted by molar-refractivity contribution is -0.139. The van der Waals surface area contributed by atoms with Crippen LogP contribution in [0.4, 0.5) is 17.1 Å². The van der Waals surface area contributed by atoms with Gasteiger partial charge in [-0.05, 0) is 93.1 Å². The number of hydrogen-bond acceptors (Lipinski definition) is 7. The van der Waals surface area contributed by atoms with E-state index in [-0.39, 0.29) is 5.97 Å². The molecule has 0 N–H and O–H groups in total. The maximum Gasteiger partial charge on any atom is 0.333 e. The number of aryl methyl sites for hydroxylation is 1. The highest BCUT2D eigenvalue weighted by molar-refractivity contribution is 5.86. The molecular weight excluding hydrogens is 462 g/mol. The molecule has 0 spiro atoms. The van der Waals surface area contributed by atoms with Crippen LogP contribution in [0.5, 0.6) is 0 Å². The number of unbranched alkanes of at least 4 members (excludes halogenated alkanes) is 3. The second kappa shape index (κ2) is 14.3. The minimum absolute atomic E-state index is 0.309. The van der Waals surface area contributed by atoms with Crippen molar-refractivity contribution in [3.8, 4) is 11.8 Å². The van der Waals surface area contributed by atoms with Gasteiger partial charge in [0.25, 0.3) is 0 Å². The molecule has 190 valence electrons. The van der Waals surface area contributed by atoms with Crippen LogP contribution in [0.2, 0.25) is 0 Å². The van der Waals surface area contributed by atoms with Crippen LogP contribution < -0.4 is 4.90 Å². The Morgan fingerprint density at radius 3 is 2.43 bits per heavy atom. The van der Waals surface area contributed by atoms with Crippen molar-refractivity contribution < 1.29 is 9.53 Å². The van der Waals surface area contributed by atoms with Gasteiger partial charge >= 0.3 is 5.97 Å². The summed E-state index contributed by atoms with van der Waals surface area (Å²) in [5.41, 5.74) is 5.80. The molecule has 0 saturated carbocycles. The maximum absolute atomic E-state index is 11.4.